The van der Waals surface area contributed by atoms with Gasteiger partial charge in [-0.1, -0.05) is 11.6 Å². The second-order valence-electron chi connectivity index (χ2n) is 5.37. The number of benzene rings is 1. The zero-order valence-electron chi connectivity index (χ0n) is 12.4. The highest BCUT2D eigenvalue weighted by molar-refractivity contribution is 7.89. The number of sulfonamides is 1. The van der Waals surface area contributed by atoms with E-state index in [1.807, 2.05) is 0 Å². The molecule has 4 nitrogen and oxygen atoms in total. The largest absolute Gasteiger partial charge is 0.417 e. The van der Waals surface area contributed by atoms with Crippen molar-refractivity contribution in [2.24, 2.45) is 0 Å². The van der Waals surface area contributed by atoms with Gasteiger partial charge in [-0.15, -0.1) is 12.4 Å². The van der Waals surface area contributed by atoms with Gasteiger partial charge in [0.05, 0.1) is 10.5 Å². The topological polar surface area (TPSA) is 49.4 Å². The molecule has 2 unspecified atom stereocenters. The van der Waals surface area contributed by atoms with E-state index in [2.05, 4.69) is 5.32 Å². The summed E-state index contributed by atoms with van der Waals surface area (Å²) >= 11 is 5.59. The van der Waals surface area contributed by atoms with Crippen LogP contribution in [-0.2, 0) is 16.2 Å². The quantitative estimate of drug-likeness (QED) is 0.840. The Bertz CT molecular complexity index is 668. The van der Waals surface area contributed by atoms with Crippen molar-refractivity contribution in [3.8, 4) is 0 Å². The Balaban J connectivity index is 0.00000264. The Hall–Kier alpha value is -0.540. The standard InChI is InChI=1S/C13H16ClF3N2O2S.ClH/c1-8-7-19(9(2)6-18-8)22(20,21)12-4-3-10(14)5-11(12)13(15,16)17;/h3-5,8-9,18H,6-7H2,1-2H3;1H. The lowest BCUT2D eigenvalue weighted by atomic mass is 10.2. The molecule has 1 aromatic rings. The van der Waals surface area contributed by atoms with Gasteiger partial charge in [0.15, 0.2) is 0 Å². The summed E-state index contributed by atoms with van der Waals surface area (Å²) in [6, 6.07) is 2.15. The van der Waals surface area contributed by atoms with Crippen LogP contribution < -0.4 is 5.32 Å². The van der Waals surface area contributed by atoms with E-state index in [0.717, 1.165) is 16.4 Å². The Morgan fingerprint density at radius 1 is 1.30 bits per heavy atom. The zero-order valence-corrected chi connectivity index (χ0v) is 14.8. The number of piperazine rings is 1. The van der Waals surface area contributed by atoms with Crippen LogP contribution in [0.2, 0.25) is 5.02 Å². The van der Waals surface area contributed by atoms with Crippen molar-refractivity contribution in [2.75, 3.05) is 13.1 Å². The molecular weight excluding hydrogens is 376 g/mol. The van der Waals surface area contributed by atoms with Gasteiger partial charge in [0.1, 0.15) is 0 Å². The molecule has 132 valence electrons. The number of alkyl halides is 3. The van der Waals surface area contributed by atoms with Gasteiger partial charge >= 0.3 is 6.18 Å². The van der Waals surface area contributed by atoms with Crippen molar-refractivity contribution < 1.29 is 21.6 Å². The average molecular weight is 393 g/mol. The van der Waals surface area contributed by atoms with Crippen LogP contribution in [0.4, 0.5) is 13.2 Å². The summed E-state index contributed by atoms with van der Waals surface area (Å²) in [5.74, 6) is 0. The molecule has 1 aromatic carbocycles. The molecule has 0 spiro atoms. The van der Waals surface area contributed by atoms with E-state index in [1.54, 1.807) is 13.8 Å². The van der Waals surface area contributed by atoms with Gasteiger partial charge in [-0.25, -0.2) is 8.42 Å². The summed E-state index contributed by atoms with van der Waals surface area (Å²) < 4.78 is 65.9. The summed E-state index contributed by atoms with van der Waals surface area (Å²) in [4.78, 5) is -0.759. The number of hydrogen-bond donors (Lipinski definition) is 1. The summed E-state index contributed by atoms with van der Waals surface area (Å²) in [5, 5.41) is 2.93. The molecule has 0 saturated carbocycles. The molecule has 1 aliphatic rings. The minimum atomic E-state index is -4.80. The van der Waals surface area contributed by atoms with Crippen molar-refractivity contribution >= 4 is 34.0 Å². The fourth-order valence-corrected chi connectivity index (χ4v) is 4.48. The van der Waals surface area contributed by atoms with E-state index in [0.29, 0.717) is 12.6 Å². The monoisotopic (exact) mass is 392 g/mol. The first-order valence-electron chi connectivity index (χ1n) is 6.65. The number of halogens is 5. The van der Waals surface area contributed by atoms with Crippen molar-refractivity contribution in [2.45, 2.75) is 37.0 Å². The van der Waals surface area contributed by atoms with Crippen LogP contribution in [0.1, 0.15) is 19.4 Å². The fourth-order valence-electron chi connectivity index (χ4n) is 2.40. The van der Waals surface area contributed by atoms with Gasteiger partial charge in [-0.05, 0) is 32.0 Å². The predicted molar refractivity (Wildman–Crippen MR) is 84.5 cm³/mol. The molecule has 10 heteroatoms. The average Bonchev–Trinajstić information content (AvgIpc) is 2.40. The Kier molecular flexibility index (Phi) is 6.37. The third kappa shape index (κ3) is 4.30. The Labute approximate surface area is 144 Å². The zero-order chi connectivity index (χ0) is 16.7. The molecule has 1 heterocycles. The normalized spacial score (nSPS) is 23.4. The second-order valence-corrected chi connectivity index (χ2v) is 7.67. The van der Waals surface area contributed by atoms with Crippen LogP contribution in [0.5, 0.6) is 0 Å². The van der Waals surface area contributed by atoms with Crippen LogP contribution in [0.25, 0.3) is 0 Å². The first-order chi connectivity index (χ1) is 10.0. The van der Waals surface area contributed by atoms with E-state index in [9.17, 15) is 21.6 Å². The SMILES string of the molecule is CC1CN(S(=O)(=O)c2ccc(Cl)cc2C(F)(F)F)C(C)CN1.Cl. The molecule has 0 aliphatic carbocycles. The lowest BCUT2D eigenvalue weighted by Crippen LogP contribution is -2.56. The molecule has 1 saturated heterocycles. The number of nitrogens with one attached hydrogen (secondary N) is 1. The molecule has 1 aliphatic heterocycles. The molecule has 0 bridgehead atoms. The minimum absolute atomic E-state index is 0. The van der Waals surface area contributed by atoms with E-state index < -0.39 is 32.7 Å². The maximum atomic E-state index is 13.1. The molecule has 0 aromatic heterocycles. The van der Waals surface area contributed by atoms with Crippen molar-refractivity contribution in [1.29, 1.82) is 0 Å². The number of hydrogen-bond acceptors (Lipinski definition) is 3. The fraction of sp³-hybridized carbons (Fsp3) is 0.538. The molecular formula is C13H17Cl2F3N2O2S. The third-order valence-corrected chi connectivity index (χ3v) is 5.81. The summed E-state index contributed by atoms with van der Waals surface area (Å²) in [7, 11) is -4.26. The van der Waals surface area contributed by atoms with Crippen LogP contribution in [0, 0.1) is 0 Å². The van der Waals surface area contributed by atoms with Gasteiger partial charge in [0.2, 0.25) is 10.0 Å². The Morgan fingerprint density at radius 2 is 1.91 bits per heavy atom. The maximum Gasteiger partial charge on any atom is 0.417 e. The Morgan fingerprint density at radius 3 is 2.48 bits per heavy atom. The molecule has 0 radical (unpaired) electrons. The van der Waals surface area contributed by atoms with Gasteiger partial charge < -0.3 is 5.32 Å². The summed E-state index contributed by atoms with van der Waals surface area (Å²) in [6.45, 7) is 3.93. The van der Waals surface area contributed by atoms with E-state index in [-0.39, 0.29) is 30.0 Å². The lowest BCUT2D eigenvalue weighted by Gasteiger charge is -2.36. The molecule has 2 rings (SSSR count). The minimum Gasteiger partial charge on any atom is -0.311 e. The van der Waals surface area contributed by atoms with Crippen LogP contribution in [0.15, 0.2) is 23.1 Å². The highest BCUT2D eigenvalue weighted by Gasteiger charge is 2.41. The molecule has 1 N–H and O–H groups in total. The van der Waals surface area contributed by atoms with Gasteiger partial charge in [-0.3, -0.25) is 0 Å². The van der Waals surface area contributed by atoms with E-state index in [4.69, 9.17) is 11.6 Å². The molecule has 0 amide bonds. The van der Waals surface area contributed by atoms with Gasteiger partial charge in [0, 0.05) is 30.2 Å². The number of rotatable bonds is 2. The van der Waals surface area contributed by atoms with Gasteiger partial charge in [0.25, 0.3) is 0 Å². The van der Waals surface area contributed by atoms with Crippen LogP contribution in [0.3, 0.4) is 0 Å². The first-order valence-corrected chi connectivity index (χ1v) is 8.47. The smallest absolute Gasteiger partial charge is 0.311 e. The molecule has 23 heavy (non-hydrogen) atoms. The predicted octanol–water partition coefficient (Wildman–Crippen LogP) is 3.15. The summed E-state index contributed by atoms with van der Waals surface area (Å²) in [5.41, 5.74) is -1.24. The van der Waals surface area contributed by atoms with Crippen molar-refractivity contribution in [1.82, 2.24) is 9.62 Å². The molecule has 2 atom stereocenters. The number of nitrogens with zero attached hydrogens (tertiary/aromatic N) is 1. The highest BCUT2D eigenvalue weighted by Crippen LogP contribution is 2.37. The van der Waals surface area contributed by atoms with Crippen LogP contribution in [-0.4, -0.2) is 37.9 Å². The maximum absolute atomic E-state index is 13.1. The van der Waals surface area contributed by atoms with Crippen LogP contribution >= 0.6 is 24.0 Å². The lowest BCUT2D eigenvalue weighted by molar-refractivity contribution is -0.139. The van der Waals surface area contributed by atoms with E-state index in [1.165, 1.54) is 0 Å². The third-order valence-electron chi connectivity index (χ3n) is 3.54. The molecule has 1 fully saturated rings. The first kappa shape index (κ1) is 20.5. The highest BCUT2D eigenvalue weighted by atomic mass is 35.5. The van der Waals surface area contributed by atoms with Gasteiger partial charge in [-0.2, -0.15) is 17.5 Å². The second kappa shape index (κ2) is 7.14. The summed E-state index contributed by atoms with van der Waals surface area (Å²) in [6.07, 6.45) is -4.80. The van der Waals surface area contributed by atoms with Crippen molar-refractivity contribution in [3.05, 3.63) is 28.8 Å². The van der Waals surface area contributed by atoms with E-state index >= 15 is 0 Å². The van der Waals surface area contributed by atoms with Crippen molar-refractivity contribution in [3.63, 3.8) is 0 Å².